The van der Waals surface area contributed by atoms with Gasteiger partial charge in [0.1, 0.15) is 5.75 Å². The van der Waals surface area contributed by atoms with Gasteiger partial charge in [0.05, 0.1) is 0 Å². The standard InChI is InChI=1S/C16H24N4O3.ClH/c17-15(21)12-23-14-4-2-13(3-5-14)16(22)19-6-1-9-20-10-7-18-8-11-20;/h2-5,18H,1,6-12H2,(H2,17,21)(H,19,22);1H. The summed E-state index contributed by atoms with van der Waals surface area (Å²) in [6, 6.07) is 6.64. The first-order valence-electron chi connectivity index (χ1n) is 7.87. The van der Waals surface area contributed by atoms with E-state index in [1.165, 1.54) is 0 Å². The minimum absolute atomic E-state index is 0. The molecule has 7 nitrogen and oxygen atoms in total. The molecular weight excluding hydrogens is 332 g/mol. The van der Waals surface area contributed by atoms with Gasteiger partial charge in [-0.1, -0.05) is 0 Å². The largest absolute Gasteiger partial charge is 0.484 e. The highest BCUT2D eigenvalue weighted by Crippen LogP contribution is 2.12. The third kappa shape index (κ3) is 7.16. The summed E-state index contributed by atoms with van der Waals surface area (Å²) in [5.41, 5.74) is 5.57. The van der Waals surface area contributed by atoms with Crippen LogP contribution in [0.1, 0.15) is 16.8 Å². The van der Waals surface area contributed by atoms with Crippen LogP contribution in [0.25, 0.3) is 0 Å². The molecule has 2 amide bonds. The molecule has 0 spiro atoms. The topological polar surface area (TPSA) is 96.7 Å². The van der Waals surface area contributed by atoms with Crippen LogP contribution in [-0.2, 0) is 4.79 Å². The van der Waals surface area contributed by atoms with Gasteiger partial charge in [-0.05, 0) is 37.2 Å². The molecule has 134 valence electrons. The molecule has 0 saturated carbocycles. The molecule has 0 unspecified atom stereocenters. The van der Waals surface area contributed by atoms with E-state index in [-0.39, 0.29) is 24.9 Å². The van der Waals surface area contributed by atoms with Gasteiger partial charge in [0.15, 0.2) is 6.61 Å². The molecule has 0 aliphatic carbocycles. The van der Waals surface area contributed by atoms with Crippen LogP contribution >= 0.6 is 12.4 Å². The summed E-state index contributed by atoms with van der Waals surface area (Å²) in [6.07, 6.45) is 0.936. The van der Waals surface area contributed by atoms with Gasteiger partial charge in [0, 0.05) is 38.3 Å². The molecule has 8 heteroatoms. The van der Waals surface area contributed by atoms with Crippen LogP contribution in [0.2, 0.25) is 0 Å². The summed E-state index contributed by atoms with van der Waals surface area (Å²) in [4.78, 5) is 25.1. The molecule has 1 aliphatic rings. The molecule has 0 radical (unpaired) electrons. The Balaban J connectivity index is 0.00000288. The summed E-state index contributed by atoms with van der Waals surface area (Å²) in [5, 5.41) is 6.23. The summed E-state index contributed by atoms with van der Waals surface area (Å²) in [5.74, 6) is -0.123. The normalized spacial score (nSPS) is 14.5. The highest BCUT2D eigenvalue weighted by atomic mass is 35.5. The fraction of sp³-hybridized carbons (Fsp3) is 0.500. The number of halogens is 1. The second-order valence-corrected chi connectivity index (χ2v) is 5.48. The van der Waals surface area contributed by atoms with Crippen molar-refractivity contribution in [1.82, 2.24) is 15.5 Å². The van der Waals surface area contributed by atoms with Crippen molar-refractivity contribution in [2.45, 2.75) is 6.42 Å². The maximum atomic E-state index is 12.0. The van der Waals surface area contributed by atoms with Crippen molar-refractivity contribution in [3.8, 4) is 5.75 Å². The van der Waals surface area contributed by atoms with E-state index in [2.05, 4.69) is 15.5 Å². The fourth-order valence-corrected chi connectivity index (χ4v) is 2.40. The molecule has 1 saturated heterocycles. The number of hydrogen-bond acceptors (Lipinski definition) is 5. The third-order valence-electron chi connectivity index (χ3n) is 3.64. The van der Waals surface area contributed by atoms with Crippen molar-refractivity contribution in [1.29, 1.82) is 0 Å². The Morgan fingerprint density at radius 2 is 1.88 bits per heavy atom. The molecule has 2 rings (SSSR count). The smallest absolute Gasteiger partial charge is 0.255 e. The minimum Gasteiger partial charge on any atom is -0.484 e. The van der Waals surface area contributed by atoms with Gasteiger partial charge in [0.2, 0.25) is 0 Å². The second-order valence-electron chi connectivity index (χ2n) is 5.48. The van der Waals surface area contributed by atoms with Crippen molar-refractivity contribution in [2.75, 3.05) is 45.9 Å². The number of hydrogen-bond donors (Lipinski definition) is 3. The Morgan fingerprint density at radius 1 is 1.21 bits per heavy atom. The molecule has 4 N–H and O–H groups in total. The summed E-state index contributed by atoms with van der Waals surface area (Å²) >= 11 is 0. The third-order valence-corrected chi connectivity index (χ3v) is 3.64. The Kier molecular flexibility index (Phi) is 9.14. The second kappa shape index (κ2) is 10.9. The number of nitrogens with two attached hydrogens (primary N) is 1. The fourth-order valence-electron chi connectivity index (χ4n) is 2.40. The summed E-state index contributed by atoms with van der Waals surface area (Å²) < 4.78 is 5.15. The Morgan fingerprint density at radius 3 is 2.50 bits per heavy atom. The zero-order valence-corrected chi connectivity index (χ0v) is 14.4. The Hall–Kier alpha value is -1.83. The van der Waals surface area contributed by atoms with Gasteiger partial charge in [-0.25, -0.2) is 0 Å². The average molecular weight is 357 g/mol. The van der Waals surface area contributed by atoms with Gasteiger partial charge in [-0.15, -0.1) is 12.4 Å². The quantitative estimate of drug-likeness (QED) is 0.570. The number of carbonyl (C=O) groups is 2. The van der Waals surface area contributed by atoms with Crippen LogP contribution in [0, 0.1) is 0 Å². The van der Waals surface area contributed by atoms with Gasteiger partial charge in [0.25, 0.3) is 11.8 Å². The highest BCUT2D eigenvalue weighted by molar-refractivity contribution is 5.94. The number of nitrogens with one attached hydrogen (secondary N) is 2. The summed E-state index contributed by atoms with van der Waals surface area (Å²) in [7, 11) is 0. The first kappa shape index (κ1) is 20.2. The predicted molar refractivity (Wildman–Crippen MR) is 94.6 cm³/mol. The zero-order chi connectivity index (χ0) is 16.5. The molecule has 1 aliphatic heterocycles. The number of piperazine rings is 1. The molecule has 0 aromatic heterocycles. The molecule has 24 heavy (non-hydrogen) atoms. The predicted octanol–water partition coefficient (Wildman–Crippen LogP) is -0.00240. The van der Waals surface area contributed by atoms with Crippen LogP contribution in [0.15, 0.2) is 24.3 Å². The number of rotatable bonds is 8. The molecule has 0 bridgehead atoms. The van der Waals surface area contributed by atoms with E-state index >= 15 is 0 Å². The van der Waals surface area contributed by atoms with Crippen molar-refractivity contribution in [3.63, 3.8) is 0 Å². The molecule has 1 aromatic rings. The van der Waals surface area contributed by atoms with Crippen LogP contribution in [0.5, 0.6) is 5.75 Å². The molecule has 1 heterocycles. The van der Waals surface area contributed by atoms with Crippen LogP contribution < -0.4 is 21.1 Å². The number of primary amides is 1. The van der Waals surface area contributed by atoms with E-state index in [0.717, 1.165) is 39.1 Å². The van der Waals surface area contributed by atoms with Crippen LogP contribution in [-0.4, -0.2) is 62.6 Å². The monoisotopic (exact) mass is 356 g/mol. The van der Waals surface area contributed by atoms with Gasteiger partial charge >= 0.3 is 0 Å². The number of nitrogens with zero attached hydrogens (tertiary/aromatic N) is 1. The lowest BCUT2D eigenvalue weighted by Crippen LogP contribution is -2.44. The number of ether oxygens (including phenoxy) is 1. The van der Waals surface area contributed by atoms with E-state index in [0.29, 0.717) is 17.9 Å². The number of carbonyl (C=O) groups excluding carboxylic acids is 2. The first-order chi connectivity index (χ1) is 11.1. The van der Waals surface area contributed by atoms with Gasteiger partial charge in [-0.3, -0.25) is 9.59 Å². The maximum absolute atomic E-state index is 12.0. The highest BCUT2D eigenvalue weighted by Gasteiger charge is 2.09. The first-order valence-corrected chi connectivity index (χ1v) is 7.87. The minimum atomic E-state index is -0.531. The van der Waals surface area contributed by atoms with Crippen molar-refractivity contribution >= 4 is 24.2 Å². The average Bonchev–Trinajstić information content (AvgIpc) is 2.58. The van der Waals surface area contributed by atoms with E-state index in [1.807, 2.05) is 0 Å². The van der Waals surface area contributed by atoms with Crippen molar-refractivity contribution in [2.24, 2.45) is 5.73 Å². The Labute approximate surface area is 148 Å². The lowest BCUT2D eigenvalue weighted by atomic mass is 10.2. The Bertz CT molecular complexity index is 519. The number of benzene rings is 1. The lowest BCUT2D eigenvalue weighted by Gasteiger charge is -2.27. The van der Waals surface area contributed by atoms with Crippen molar-refractivity contribution in [3.05, 3.63) is 29.8 Å². The van der Waals surface area contributed by atoms with Crippen LogP contribution in [0.3, 0.4) is 0 Å². The maximum Gasteiger partial charge on any atom is 0.255 e. The lowest BCUT2D eigenvalue weighted by molar-refractivity contribution is -0.119. The zero-order valence-electron chi connectivity index (χ0n) is 13.6. The van der Waals surface area contributed by atoms with E-state index in [1.54, 1.807) is 24.3 Å². The molecule has 0 atom stereocenters. The summed E-state index contributed by atoms with van der Waals surface area (Å²) in [6.45, 7) is 5.70. The van der Waals surface area contributed by atoms with Crippen molar-refractivity contribution < 1.29 is 14.3 Å². The van der Waals surface area contributed by atoms with E-state index in [4.69, 9.17) is 10.5 Å². The molecule has 1 fully saturated rings. The molecule has 1 aromatic carbocycles. The van der Waals surface area contributed by atoms with Gasteiger partial charge < -0.3 is 26.0 Å². The van der Waals surface area contributed by atoms with Gasteiger partial charge in [-0.2, -0.15) is 0 Å². The van der Waals surface area contributed by atoms with E-state index < -0.39 is 5.91 Å². The van der Waals surface area contributed by atoms with E-state index in [9.17, 15) is 9.59 Å². The number of amides is 2. The van der Waals surface area contributed by atoms with Crippen LogP contribution in [0.4, 0.5) is 0 Å². The SMILES string of the molecule is Cl.NC(=O)COc1ccc(C(=O)NCCCN2CCNCC2)cc1. The molecular formula is C16H25ClN4O3.